The molecule has 0 aromatic heterocycles. The van der Waals surface area contributed by atoms with Crippen LogP contribution in [0.4, 0.5) is 0 Å². The van der Waals surface area contributed by atoms with E-state index in [1.807, 2.05) is 7.05 Å². The predicted octanol–water partition coefficient (Wildman–Crippen LogP) is 1.92. The normalized spacial score (nSPS) is 24.4. The quantitative estimate of drug-likeness (QED) is 0.861. The zero-order chi connectivity index (χ0) is 13.0. The Hall–Kier alpha value is -1.06. The average molecular weight is 248 g/mol. The van der Waals surface area contributed by atoms with Gasteiger partial charge in [0, 0.05) is 12.1 Å². The minimum atomic E-state index is 0.281. The minimum absolute atomic E-state index is 0.281. The maximum atomic E-state index is 5.21. The zero-order valence-electron chi connectivity index (χ0n) is 11.7. The second-order valence-electron chi connectivity index (χ2n) is 5.30. The molecule has 0 amide bonds. The number of benzene rings is 1. The summed E-state index contributed by atoms with van der Waals surface area (Å²) in [6.45, 7) is 2.26. The molecule has 3 nitrogen and oxygen atoms in total. The lowest BCUT2D eigenvalue weighted by Crippen LogP contribution is -2.50. The van der Waals surface area contributed by atoms with E-state index < -0.39 is 0 Å². The standard InChI is InChI=1S/C15H24N2O/c1-16-12-15(9-4-10-17(15)2)11-13-5-7-14(18-3)8-6-13/h5-8,16H,4,9-12H2,1-3H3. The van der Waals surface area contributed by atoms with Crippen molar-refractivity contribution in [2.75, 3.05) is 34.3 Å². The number of ether oxygens (including phenoxy) is 1. The van der Waals surface area contributed by atoms with Crippen LogP contribution in [-0.2, 0) is 6.42 Å². The SMILES string of the molecule is CNCC1(Cc2ccc(OC)cc2)CCCN1C. The molecule has 0 saturated carbocycles. The van der Waals surface area contributed by atoms with Crippen molar-refractivity contribution in [1.82, 2.24) is 10.2 Å². The largest absolute Gasteiger partial charge is 0.497 e. The van der Waals surface area contributed by atoms with Gasteiger partial charge in [0.15, 0.2) is 0 Å². The van der Waals surface area contributed by atoms with Crippen molar-refractivity contribution in [2.24, 2.45) is 0 Å². The molecule has 1 unspecified atom stereocenters. The van der Waals surface area contributed by atoms with Crippen LogP contribution in [0.1, 0.15) is 18.4 Å². The number of likely N-dealkylation sites (tertiary alicyclic amines) is 1. The first-order chi connectivity index (χ1) is 8.70. The molecule has 1 fully saturated rings. The number of nitrogens with zero attached hydrogens (tertiary/aromatic N) is 1. The summed E-state index contributed by atoms with van der Waals surface area (Å²) in [6, 6.07) is 8.47. The van der Waals surface area contributed by atoms with E-state index in [9.17, 15) is 0 Å². The number of nitrogens with one attached hydrogen (secondary N) is 1. The summed E-state index contributed by atoms with van der Waals surface area (Å²) in [4.78, 5) is 2.51. The summed E-state index contributed by atoms with van der Waals surface area (Å²) in [7, 11) is 6.00. The van der Waals surface area contributed by atoms with E-state index in [0.29, 0.717) is 0 Å². The maximum Gasteiger partial charge on any atom is 0.118 e. The van der Waals surface area contributed by atoms with Gasteiger partial charge in [0.2, 0.25) is 0 Å². The summed E-state index contributed by atoms with van der Waals surface area (Å²) in [6.07, 6.45) is 3.68. The van der Waals surface area contributed by atoms with Gasteiger partial charge in [-0.2, -0.15) is 0 Å². The van der Waals surface area contributed by atoms with Gasteiger partial charge in [-0.25, -0.2) is 0 Å². The molecule has 0 spiro atoms. The van der Waals surface area contributed by atoms with Gasteiger partial charge in [-0.3, -0.25) is 4.90 Å². The first-order valence-corrected chi connectivity index (χ1v) is 6.69. The van der Waals surface area contributed by atoms with Crippen LogP contribution in [0.3, 0.4) is 0 Å². The molecule has 1 heterocycles. The highest BCUT2D eigenvalue weighted by Gasteiger charge is 2.37. The highest BCUT2D eigenvalue weighted by molar-refractivity contribution is 5.28. The lowest BCUT2D eigenvalue weighted by molar-refractivity contribution is 0.171. The van der Waals surface area contributed by atoms with Gasteiger partial charge in [0.1, 0.15) is 5.75 Å². The molecule has 0 bridgehead atoms. The molecule has 2 rings (SSSR count). The molecule has 3 heteroatoms. The molecule has 1 aliphatic rings. The summed E-state index contributed by atoms with van der Waals surface area (Å²) in [5, 5.41) is 3.36. The fourth-order valence-corrected chi connectivity index (χ4v) is 3.03. The smallest absolute Gasteiger partial charge is 0.118 e. The number of methoxy groups -OCH3 is 1. The third-order valence-electron chi connectivity index (χ3n) is 4.14. The van der Waals surface area contributed by atoms with Crippen LogP contribution in [0.5, 0.6) is 5.75 Å². The lowest BCUT2D eigenvalue weighted by Gasteiger charge is -2.36. The Morgan fingerprint density at radius 1 is 1.33 bits per heavy atom. The second-order valence-corrected chi connectivity index (χ2v) is 5.30. The molecular formula is C15H24N2O. The van der Waals surface area contributed by atoms with Crippen molar-refractivity contribution in [3.05, 3.63) is 29.8 Å². The van der Waals surface area contributed by atoms with Gasteiger partial charge in [0.05, 0.1) is 7.11 Å². The molecule has 0 aliphatic carbocycles. The summed E-state index contributed by atoms with van der Waals surface area (Å²) in [5.41, 5.74) is 1.67. The maximum absolute atomic E-state index is 5.21. The molecule has 1 aromatic carbocycles. The lowest BCUT2D eigenvalue weighted by atomic mass is 9.88. The number of likely N-dealkylation sites (N-methyl/N-ethyl adjacent to an activating group) is 2. The average Bonchev–Trinajstić information content (AvgIpc) is 2.72. The topological polar surface area (TPSA) is 24.5 Å². The molecule has 1 N–H and O–H groups in total. The van der Waals surface area contributed by atoms with Gasteiger partial charge in [0.25, 0.3) is 0 Å². The summed E-state index contributed by atoms with van der Waals surface area (Å²) in [5.74, 6) is 0.932. The van der Waals surface area contributed by atoms with Crippen LogP contribution in [-0.4, -0.2) is 44.7 Å². The summed E-state index contributed by atoms with van der Waals surface area (Å²) < 4.78 is 5.21. The molecule has 18 heavy (non-hydrogen) atoms. The minimum Gasteiger partial charge on any atom is -0.497 e. The Morgan fingerprint density at radius 2 is 2.06 bits per heavy atom. The predicted molar refractivity (Wildman–Crippen MR) is 75.2 cm³/mol. The third-order valence-corrected chi connectivity index (χ3v) is 4.14. The molecule has 0 radical (unpaired) electrons. The Kier molecular flexibility index (Phi) is 4.25. The molecule has 1 atom stereocenters. The van der Waals surface area contributed by atoms with Crippen LogP contribution in [0.25, 0.3) is 0 Å². The number of rotatable bonds is 5. The first-order valence-electron chi connectivity index (χ1n) is 6.69. The van der Waals surface area contributed by atoms with Gasteiger partial charge >= 0.3 is 0 Å². The van der Waals surface area contributed by atoms with Crippen molar-refractivity contribution in [3.63, 3.8) is 0 Å². The van der Waals surface area contributed by atoms with Gasteiger partial charge in [-0.1, -0.05) is 12.1 Å². The Bertz CT molecular complexity index is 377. The van der Waals surface area contributed by atoms with Crippen molar-refractivity contribution in [3.8, 4) is 5.75 Å². The van der Waals surface area contributed by atoms with E-state index in [2.05, 4.69) is 41.5 Å². The van der Waals surface area contributed by atoms with E-state index in [1.54, 1.807) is 7.11 Å². The third kappa shape index (κ3) is 2.68. The van der Waals surface area contributed by atoms with E-state index in [-0.39, 0.29) is 5.54 Å². The molecule has 1 aliphatic heterocycles. The summed E-state index contributed by atoms with van der Waals surface area (Å²) >= 11 is 0. The highest BCUT2D eigenvalue weighted by atomic mass is 16.5. The molecule has 1 saturated heterocycles. The molecule has 100 valence electrons. The van der Waals surface area contributed by atoms with Crippen LogP contribution in [0.15, 0.2) is 24.3 Å². The number of hydrogen-bond acceptors (Lipinski definition) is 3. The van der Waals surface area contributed by atoms with Gasteiger partial charge in [-0.15, -0.1) is 0 Å². The van der Waals surface area contributed by atoms with Crippen LogP contribution < -0.4 is 10.1 Å². The Balaban J connectivity index is 2.13. The van der Waals surface area contributed by atoms with Crippen LogP contribution >= 0.6 is 0 Å². The van der Waals surface area contributed by atoms with E-state index in [0.717, 1.165) is 18.7 Å². The van der Waals surface area contributed by atoms with E-state index >= 15 is 0 Å². The Labute approximate surface area is 110 Å². The first kappa shape index (κ1) is 13.4. The second kappa shape index (κ2) is 5.72. The number of hydrogen-bond donors (Lipinski definition) is 1. The van der Waals surface area contributed by atoms with Crippen molar-refractivity contribution in [1.29, 1.82) is 0 Å². The van der Waals surface area contributed by atoms with Crippen molar-refractivity contribution >= 4 is 0 Å². The molecular weight excluding hydrogens is 224 g/mol. The monoisotopic (exact) mass is 248 g/mol. The van der Waals surface area contributed by atoms with Crippen LogP contribution in [0, 0.1) is 0 Å². The van der Waals surface area contributed by atoms with E-state index in [1.165, 1.54) is 24.9 Å². The van der Waals surface area contributed by atoms with Crippen molar-refractivity contribution in [2.45, 2.75) is 24.8 Å². The van der Waals surface area contributed by atoms with Crippen LogP contribution in [0.2, 0.25) is 0 Å². The fourth-order valence-electron chi connectivity index (χ4n) is 3.03. The Morgan fingerprint density at radius 3 is 2.56 bits per heavy atom. The fraction of sp³-hybridized carbons (Fsp3) is 0.600. The zero-order valence-corrected chi connectivity index (χ0v) is 11.7. The van der Waals surface area contributed by atoms with E-state index in [4.69, 9.17) is 4.74 Å². The highest BCUT2D eigenvalue weighted by Crippen LogP contribution is 2.31. The van der Waals surface area contributed by atoms with Gasteiger partial charge in [-0.05, 0) is 57.6 Å². The van der Waals surface area contributed by atoms with Crippen molar-refractivity contribution < 1.29 is 4.74 Å². The van der Waals surface area contributed by atoms with Gasteiger partial charge < -0.3 is 10.1 Å². The molecule has 1 aromatic rings.